The Balaban J connectivity index is 2.62. The second-order valence-electron chi connectivity index (χ2n) is 4.47. The Morgan fingerprint density at radius 2 is 2.16 bits per heavy atom. The third-order valence-electron chi connectivity index (χ3n) is 2.82. The molecule has 0 bridgehead atoms. The summed E-state index contributed by atoms with van der Waals surface area (Å²) in [5.74, 6) is -0.223. The van der Waals surface area contributed by atoms with Crippen molar-refractivity contribution in [1.29, 1.82) is 0 Å². The van der Waals surface area contributed by atoms with E-state index < -0.39 is 5.54 Å². The van der Waals surface area contributed by atoms with Gasteiger partial charge < -0.3 is 10.1 Å². The highest BCUT2D eigenvalue weighted by Gasteiger charge is 2.34. The van der Waals surface area contributed by atoms with Crippen molar-refractivity contribution in [2.45, 2.75) is 43.1 Å². The van der Waals surface area contributed by atoms with Gasteiger partial charge in [0.2, 0.25) is 0 Å². The van der Waals surface area contributed by atoms with Gasteiger partial charge in [0.25, 0.3) is 0 Å². The highest BCUT2D eigenvalue weighted by Crippen LogP contribution is 2.26. The second-order valence-corrected chi connectivity index (χ2v) is 5.87. The fourth-order valence-corrected chi connectivity index (χ4v) is 2.74. The van der Waals surface area contributed by atoms with Gasteiger partial charge in [-0.1, -0.05) is 18.7 Å². The zero-order valence-electron chi connectivity index (χ0n) is 11.8. The van der Waals surface area contributed by atoms with E-state index in [1.165, 1.54) is 0 Å². The predicted molar refractivity (Wildman–Crippen MR) is 76.1 cm³/mol. The second kappa shape index (κ2) is 7.45. The first kappa shape index (κ1) is 15.9. The molecule has 0 amide bonds. The lowest BCUT2D eigenvalue weighted by molar-refractivity contribution is -0.150. The zero-order valence-corrected chi connectivity index (χ0v) is 12.7. The molecule has 5 nitrogen and oxygen atoms in total. The third kappa shape index (κ3) is 4.80. The van der Waals surface area contributed by atoms with Crippen molar-refractivity contribution in [3.63, 3.8) is 0 Å². The number of carbonyl (C=O) groups is 1. The molecule has 0 saturated carbocycles. The summed E-state index contributed by atoms with van der Waals surface area (Å²) < 4.78 is 5.11. The Hall–Kier alpha value is -1.14. The van der Waals surface area contributed by atoms with Gasteiger partial charge in [0.05, 0.1) is 6.61 Å². The molecule has 1 aromatic heterocycles. The summed E-state index contributed by atoms with van der Waals surface area (Å²) in [6, 6.07) is 1.78. The molecular formula is C13H21N3O2S. The van der Waals surface area contributed by atoms with Crippen LogP contribution in [0, 0.1) is 0 Å². The molecule has 0 aliphatic carbocycles. The van der Waals surface area contributed by atoms with Gasteiger partial charge in [-0.2, -0.15) is 0 Å². The minimum Gasteiger partial charge on any atom is -0.465 e. The molecule has 0 radical (unpaired) electrons. The van der Waals surface area contributed by atoms with Gasteiger partial charge in [-0.15, -0.1) is 0 Å². The maximum atomic E-state index is 12.0. The SMILES string of the molecule is CCOC(=O)C(C)(CC(C)Sc1ncccn1)NC. The summed E-state index contributed by atoms with van der Waals surface area (Å²) in [7, 11) is 1.77. The van der Waals surface area contributed by atoms with Crippen LogP contribution in [-0.2, 0) is 9.53 Å². The van der Waals surface area contributed by atoms with Crippen LogP contribution in [0.15, 0.2) is 23.6 Å². The molecule has 6 heteroatoms. The van der Waals surface area contributed by atoms with E-state index in [2.05, 4.69) is 22.2 Å². The fraction of sp³-hybridized carbons (Fsp3) is 0.615. The standard InChI is InChI=1S/C13H21N3O2S/c1-5-18-11(17)13(3,14-4)9-10(2)19-12-15-7-6-8-16-12/h6-8,10,14H,5,9H2,1-4H3. The van der Waals surface area contributed by atoms with Crippen LogP contribution in [0.2, 0.25) is 0 Å². The first-order valence-electron chi connectivity index (χ1n) is 6.31. The highest BCUT2D eigenvalue weighted by molar-refractivity contribution is 7.99. The summed E-state index contributed by atoms with van der Waals surface area (Å²) in [6.45, 7) is 6.10. The zero-order chi connectivity index (χ0) is 14.3. The molecule has 1 heterocycles. The van der Waals surface area contributed by atoms with Crippen LogP contribution < -0.4 is 5.32 Å². The van der Waals surface area contributed by atoms with Crippen LogP contribution >= 0.6 is 11.8 Å². The number of rotatable bonds is 7. The van der Waals surface area contributed by atoms with E-state index in [0.29, 0.717) is 13.0 Å². The summed E-state index contributed by atoms with van der Waals surface area (Å²) in [5.41, 5.74) is -0.683. The van der Waals surface area contributed by atoms with Crippen LogP contribution in [0.4, 0.5) is 0 Å². The van der Waals surface area contributed by atoms with Gasteiger partial charge in [-0.25, -0.2) is 9.97 Å². The van der Waals surface area contributed by atoms with E-state index in [4.69, 9.17) is 4.74 Å². The number of nitrogens with zero attached hydrogens (tertiary/aromatic N) is 2. The first-order valence-corrected chi connectivity index (χ1v) is 7.19. The summed E-state index contributed by atoms with van der Waals surface area (Å²) in [5, 5.41) is 3.97. The van der Waals surface area contributed by atoms with Crippen molar-refractivity contribution in [1.82, 2.24) is 15.3 Å². The van der Waals surface area contributed by atoms with Crippen LogP contribution in [0.3, 0.4) is 0 Å². The molecule has 0 fully saturated rings. The van der Waals surface area contributed by atoms with Crippen molar-refractivity contribution in [3.8, 4) is 0 Å². The number of carbonyl (C=O) groups excluding carboxylic acids is 1. The number of nitrogens with one attached hydrogen (secondary N) is 1. The lowest BCUT2D eigenvalue weighted by Crippen LogP contribution is -2.50. The molecule has 19 heavy (non-hydrogen) atoms. The minimum absolute atomic E-state index is 0.198. The fourth-order valence-electron chi connectivity index (χ4n) is 1.72. The van der Waals surface area contributed by atoms with Gasteiger partial charge in [0.1, 0.15) is 5.54 Å². The van der Waals surface area contributed by atoms with Crippen LogP contribution in [0.1, 0.15) is 27.2 Å². The first-order chi connectivity index (χ1) is 9.01. The molecule has 0 aliphatic rings. The minimum atomic E-state index is -0.683. The van der Waals surface area contributed by atoms with Gasteiger partial charge in [-0.3, -0.25) is 4.79 Å². The third-order valence-corrected chi connectivity index (χ3v) is 3.81. The van der Waals surface area contributed by atoms with Crippen molar-refractivity contribution in [2.24, 2.45) is 0 Å². The number of aromatic nitrogens is 2. The Morgan fingerprint density at radius 3 is 2.68 bits per heavy atom. The summed E-state index contributed by atoms with van der Waals surface area (Å²) >= 11 is 1.55. The number of likely N-dealkylation sites (N-methyl/N-ethyl adjacent to an activating group) is 1. The molecular weight excluding hydrogens is 262 g/mol. The maximum Gasteiger partial charge on any atom is 0.326 e. The normalized spacial score (nSPS) is 15.6. The molecule has 0 spiro atoms. The van der Waals surface area contributed by atoms with E-state index in [-0.39, 0.29) is 11.2 Å². The number of hydrogen-bond donors (Lipinski definition) is 1. The molecule has 1 N–H and O–H groups in total. The largest absolute Gasteiger partial charge is 0.465 e. The van der Waals surface area contributed by atoms with Gasteiger partial charge in [0, 0.05) is 17.6 Å². The van der Waals surface area contributed by atoms with E-state index >= 15 is 0 Å². The lowest BCUT2D eigenvalue weighted by atomic mass is 9.96. The molecule has 0 saturated heterocycles. The van der Waals surface area contributed by atoms with E-state index in [1.807, 2.05) is 13.8 Å². The van der Waals surface area contributed by atoms with E-state index in [0.717, 1.165) is 5.16 Å². The van der Waals surface area contributed by atoms with Crippen molar-refractivity contribution in [2.75, 3.05) is 13.7 Å². The van der Waals surface area contributed by atoms with Gasteiger partial charge >= 0.3 is 5.97 Å². The predicted octanol–water partition coefficient (Wildman–Crippen LogP) is 1.89. The lowest BCUT2D eigenvalue weighted by Gasteiger charge is -2.29. The Morgan fingerprint density at radius 1 is 1.53 bits per heavy atom. The molecule has 0 aromatic carbocycles. The molecule has 2 unspecified atom stereocenters. The van der Waals surface area contributed by atoms with Crippen LogP contribution in [0.5, 0.6) is 0 Å². The Bertz CT molecular complexity index is 402. The highest BCUT2D eigenvalue weighted by atomic mass is 32.2. The molecule has 106 valence electrons. The average Bonchev–Trinajstić information content (AvgIpc) is 2.39. The number of ether oxygens (including phenoxy) is 1. The average molecular weight is 283 g/mol. The van der Waals surface area contributed by atoms with E-state index in [9.17, 15) is 4.79 Å². The van der Waals surface area contributed by atoms with E-state index in [1.54, 1.807) is 37.3 Å². The number of thioether (sulfide) groups is 1. The van der Waals surface area contributed by atoms with Crippen LogP contribution in [0.25, 0.3) is 0 Å². The molecule has 2 atom stereocenters. The van der Waals surface area contributed by atoms with Crippen molar-refractivity contribution in [3.05, 3.63) is 18.5 Å². The molecule has 1 aromatic rings. The smallest absolute Gasteiger partial charge is 0.326 e. The van der Waals surface area contributed by atoms with Crippen LogP contribution in [-0.4, -0.2) is 40.4 Å². The van der Waals surface area contributed by atoms with Gasteiger partial charge in [0.15, 0.2) is 5.16 Å². The molecule has 1 rings (SSSR count). The van der Waals surface area contributed by atoms with Crippen molar-refractivity contribution < 1.29 is 9.53 Å². The van der Waals surface area contributed by atoms with Gasteiger partial charge in [-0.05, 0) is 33.4 Å². The summed E-state index contributed by atoms with van der Waals surface area (Å²) in [4.78, 5) is 20.3. The topological polar surface area (TPSA) is 64.1 Å². The quantitative estimate of drug-likeness (QED) is 0.468. The number of hydrogen-bond acceptors (Lipinski definition) is 6. The molecule has 0 aliphatic heterocycles. The monoisotopic (exact) mass is 283 g/mol. The number of esters is 1. The Labute approximate surface area is 118 Å². The maximum absolute atomic E-state index is 12.0. The van der Waals surface area contributed by atoms with Crippen molar-refractivity contribution >= 4 is 17.7 Å². The Kier molecular flexibility index (Phi) is 6.24. The summed E-state index contributed by atoms with van der Waals surface area (Å²) in [6.07, 6.45) is 4.07.